The zero-order valence-corrected chi connectivity index (χ0v) is 15.4. The van der Waals surface area contributed by atoms with E-state index < -0.39 is 0 Å². The molecule has 6 heteroatoms. The van der Waals surface area contributed by atoms with Gasteiger partial charge in [-0.2, -0.15) is 0 Å². The van der Waals surface area contributed by atoms with Crippen LogP contribution in [0.15, 0.2) is 16.5 Å². The van der Waals surface area contributed by atoms with Gasteiger partial charge in [0.15, 0.2) is 5.76 Å². The maximum absolute atomic E-state index is 12.4. The van der Waals surface area contributed by atoms with E-state index in [1.54, 1.807) is 17.0 Å². The van der Waals surface area contributed by atoms with Gasteiger partial charge in [0.25, 0.3) is 5.91 Å². The van der Waals surface area contributed by atoms with Crippen molar-refractivity contribution in [2.75, 3.05) is 26.2 Å². The van der Waals surface area contributed by atoms with Crippen molar-refractivity contribution < 1.29 is 14.0 Å². The first kappa shape index (κ1) is 18.5. The summed E-state index contributed by atoms with van der Waals surface area (Å²) in [7, 11) is 0. The molecule has 0 spiro atoms. The highest BCUT2D eigenvalue weighted by Crippen LogP contribution is 2.14. The SMILES string of the molecule is CCC(C)(C)NC(=O)[C@H](C)N1CCN(C(=O)c2ccc(C)o2)CC1. The van der Waals surface area contributed by atoms with Crippen LogP contribution in [-0.2, 0) is 4.79 Å². The first-order valence-electron chi connectivity index (χ1n) is 8.65. The lowest BCUT2D eigenvalue weighted by molar-refractivity contribution is -0.128. The Bertz CT molecular complexity index is 586. The number of hydrogen-bond donors (Lipinski definition) is 1. The third-order valence-corrected chi connectivity index (χ3v) is 4.83. The Kier molecular flexibility index (Phi) is 5.70. The Morgan fingerprint density at radius 2 is 1.88 bits per heavy atom. The molecule has 1 aliphatic heterocycles. The fourth-order valence-corrected chi connectivity index (χ4v) is 2.71. The second kappa shape index (κ2) is 7.38. The number of amides is 2. The summed E-state index contributed by atoms with van der Waals surface area (Å²) in [5.74, 6) is 1.09. The molecule has 0 aliphatic carbocycles. The van der Waals surface area contributed by atoms with Gasteiger partial charge in [-0.15, -0.1) is 0 Å². The lowest BCUT2D eigenvalue weighted by Crippen LogP contribution is -2.57. The molecular formula is C18H29N3O3. The smallest absolute Gasteiger partial charge is 0.289 e. The minimum Gasteiger partial charge on any atom is -0.456 e. The Morgan fingerprint density at radius 1 is 1.25 bits per heavy atom. The van der Waals surface area contributed by atoms with E-state index in [2.05, 4.69) is 17.1 Å². The summed E-state index contributed by atoms with van der Waals surface area (Å²) in [5, 5.41) is 3.09. The van der Waals surface area contributed by atoms with Crippen molar-refractivity contribution in [1.29, 1.82) is 0 Å². The summed E-state index contributed by atoms with van der Waals surface area (Å²) < 4.78 is 5.41. The molecule has 0 bridgehead atoms. The van der Waals surface area contributed by atoms with Crippen LogP contribution in [0, 0.1) is 6.92 Å². The summed E-state index contributed by atoms with van der Waals surface area (Å²) in [6.45, 7) is 12.5. The molecule has 1 saturated heterocycles. The normalized spacial score (nSPS) is 17.6. The van der Waals surface area contributed by atoms with Crippen LogP contribution in [0.5, 0.6) is 0 Å². The van der Waals surface area contributed by atoms with Gasteiger partial charge in [-0.25, -0.2) is 0 Å². The number of carbonyl (C=O) groups excluding carboxylic acids is 2. The second-order valence-electron chi connectivity index (χ2n) is 7.14. The number of piperazine rings is 1. The number of hydrogen-bond acceptors (Lipinski definition) is 4. The van der Waals surface area contributed by atoms with Gasteiger partial charge in [0.2, 0.25) is 5.91 Å². The van der Waals surface area contributed by atoms with Gasteiger partial charge in [0, 0.05) is 31.7 Å². The van der Waals surface area contributed by atoms with Crippen molar-refractivity contribution in [2.24, 2.45) is 0 Å². The van der Waals surface area contributed by atoms with Crippen molar-refractivity contribution >= 4 is 11.8 Å². The van der Waals surface area contributed by atoms with Gasteiger partial charge in [-0.3, -0.25) is 14.5 Å². The van der Waals surface area contributed by atoms with E-state index in [1.807, 2.05) is 27.7 Å². The number of furan rings is 1. The lowest BCUT2D eigenvalue weighted by atomic mass is 10.0. The molecule has 1 aliphatic rings. The van der Waals surface area contributed by atoms with Crippen LogP contribution in [-0.4, -0.2) is 59.4 Å². The number of aryl methyl sites for hydroxylation is 1. The summed E-state index contributed by atoms with van der Waals surface area (Å²) in [5.41, 5.74) is -0.194. The first-order valence-corrected chi connectivity index (χ1v) is 8.65. The van der Waals surface area contributed by atoms with E-state index in [1.165, 1.54) is 0 Å². The molecule has 1 atom stereocenters. The molecule has 0 saturated carbocycles. The zero-order chi connectivity index (χ0) is 17.9. The first-order chi connectivity index (χ1) is 11.2. The van der Waals surface area contributed by atoms with Crippen LogP contribution in [0.2, 0.25) is 0 Å². The summed E-state index contributed by atoms with van der Waals surface area (Å²) >= 11 is 0. The summed E-state index contributed by atoms with van der Waals surface area (Å²) in [4.78, 5) is 28.7. The van der Waals surface area contributed by atoms with E-state index in [-0.39, 0.29) is 23.4 Å². The topological polar surface area (TPSA) is 65.8 Å². The third kappa shape index (κ3) is 4.38. The Labute approximate surface area is 144 Å². The Hall–Kier alpha value is -1.82. The van der Waals surface area contributed by atoms with Crippen LogP contribution in [0.25, 0.3) is 0 Å². The molecule has 24 heavy (non-hydrogen) atoms. The number of nitrogens with one attached hydrogen (secondary N) is 1. The molecule has 6 nitrogen and oxygen atoms in total. The minimum atomic E-state index is -0.195. The fourth-order valence-electron chi connectivity index (χ4n) is 2.71. The highest BCUT2D eigenvalue weighted by atomic mass is 16.3. The molecule has 1 aromatic rings. The fraction of sp³-hybridized carbons (Fsp3) is 0.667. The average Bonchev–Trinajstić information content (AvgIpc) is 2.99. The highest BCUT2D eigenvalue weighted by Gasteiger charge is 2.30. The monoisotopic (exact) mass is 335 g/mol. The average molecular weight is 335 g/mol. The molecule has 2 amide bonds. The van der Waals surface area contributed by atoms with Gasteiger partial charge < -0.3 is 14.6 Å². The Morgan fingerprint density at radius 3 is 2.38 bits per heavy atom. The molecule has 1 N–H and O–H groups in total. The molecule has 2 heterocycles. The highest BCUT2D eigenvalue weighted by molar-refractivity contribution is 5.91. The van der Waals surface area contributed by atoms with Crippen LogP contribution >= 0.6 is 0 Å². The standard InChI is InChI=1S/C18H29N3O3/c1-6-18(4,5)19-16(22)14(3)20-9-11-21(12-10-20)17(23)15-8-7-13(2)24-15/h7-8,14H,6,9-12H2,1-5H3,(H,19,22)/t14-/m0/s1. The summed E-state index contributed by atoms with van der Waals surface area (Å²) in [6.07, 6.45) is 0.885. The lowest BCUT2D eigenvalue weighted by Gasteiger charge is -2.38. The number of rotatable bonds is 5. The number of nitrogens with zero attached hydrogens (tertiary/aromatic N) is 2. The van der Waals surface area contributed by atoms with Crippen molar-refractivity contribution in [2.45, 2.75) is 52.6 Å². The van der Waals surface area contributed by atoms with Gasteiger partial charge in [0.05, 0.1) is 6.04 Å². The molecule has 134 valence electrons. The predicted octanol–water partition coefficient (Wildman–Crippen LogP) is 2.04. The van der Waals surface area contributed by atoms with Crippen LogP contribution in [0.3, 0.4) is 0 Å². The Balaban J connectivity index is 1.88. The van der Waals surface area contributed by atoms with Gasteiger partial charge in [0.1, 0.15) is 5.76 Å². The maximum atomic E-state index is 12.4. The quantitative estimate of drug-likeness (QED) is 0.894. The van der Waals surface area contributed by atoms with Gasteiger partial charge >= 0.3 is 0 Å². The van der Waals surface area contributed by atoms with E-state index >= 15 is 0 Å². The molecule has 0 aromatic carbocycles. The zero-order valence-electron chi connectivity index (χ0n) is 15.4. The van der Waals surface area contributed by atoms with E-state index in [4.69, 9.17) is 4.42 Å². The van der Waals surface area contributed by atoms with Crippen LogP contribution in [0.4, 0.5) is 0 Å². The molecule has 2 rings (SSSR count). The minimum absolute atomic E-state index is 0.0447. The van der Waals surface area contributed by atoms with Crippen molar-refractivity contribution in [1.82, 2.24) is 15.1 Å². The molecule has 0 radical (unpaired) electrons. The molecule has 1 aromatic heterocycles. The third-order valence-electron chi connectivity index (χ3n) is 4.83. The maximum Gasteiger partial charge on any atom is 0.289 e. The van der Waals surface area contributed by atoms with Gasteiger partial charge in [-0.05, 0) is 46.2 Å². The summed E-state index contributed by atoms with van der Waals surface area (Å²) in [6, 6.07) is 3.32. The second-order valence-corrected chi connectivity index (χ2v) is 7.14. The van der Waals surface area contributed by atoms with Crippen molar-refractivity contribution in [3.8, 4) is 0 Å². The van der Waals surface area contributed by atoms with Crippen molar-refractivity contribution in [3.05, 3.63) is 23.7 Å². The van der Waals surface area contributed by atoms with Gasteiger partial charge in [-0.1, -0.05) is 6.92 Å². The van der Waals surface area contributed by atoms with E-state index in [0.29, 0.717) is 31.9 Å². The molecule has 1 fully saturated rings. The number of carbonyl (C=O) groups is 2. The largest absolute Gasteiger partial charge is 0.456 e. The van der Waals surface area contributed by atoms with E-state index in [0.717, 1.165) is 12.2 Å². The van der Waals surface area contributed by atoms with Crippen LogP contribution in [0.1, 0.15) is 50.4 Å². The van der Waals surface area contributed by atoms with Crippen molar-refractivity contribution in [3.63, 3.8) is 0 Å². The van der Waals surface area contributed by atoms with E-state index in [9.17, 15) is 9.59 Å². The predicted molar refractivity (Wildman–Crippen MR) is 92.9 cm³/mol. The van der Waals surface area contributed by atoms with Crippen LogP contribution < -0.4 is 5.32 Å². The molecule has 0 unspecified atom stereocenters. The molecular weight excluding hydrogens is 306 g/mol.